The van der Waals surface area contributed by atoms with Gasteiger partial charge in [-0.3, -0.25) is 24.0 Å². The first-order valence-corrected chi connectivity index (χ1v) is 19.0. The predicted octanol–water partition coefficient (Wildman–Crippen LogP) is 7.86. The van der Waals surface area contributed by atoms with Crippen LogP contribution >= 0.6 is 0 Å². The van der Waals surface area contributed by atoms with Crippen LogP contribution in [0.15, 0.2) is 12.5 Å². The summed E-state index contributed by atoms with van der Waals surface area (Å²) in [6.45, 7) is 13.1. The lowest BCUT2D eigenvalue weighted by molar-refractivity contribution is -0.135. The van der Waals surface area contributed by atoms with Crippen LogP contribution in [-0.4, -0.2) is 51.2 Å². The highest BCUT2D eigenvalue weighted by molar-refractivity contribution is 5.95. The van der Waals surface area contributed by atoms with Gasteiger partial charge in [0.1, 0.15) is 5.78 Å². The quantitative estimate of drug-likeness (QED) is 0.0741. The number of hydrogen-bond acceptors (Lipinski definition) is 6. The normalized spacial score (nSPS) is 14.6. The fourth-order valence-electron chi connectivity index (χ4n) is 6.03. The third-order valence-electron chi connectivity index (χ3n) is 9.83. The molecule has 2 amide bonds. The molecule has 0 aliphatic heterocycles. The minimum atomic E-state index is -0.860. The Kier molecular flexibility index (Phi) is 22.7. The van der Waals surface area contributed by atoms with Gasteiger partial charge in [-0.25, -0.2) is 4.98 Å². The third kappa shape index (κ3) is 18.1. The number of H-pyrrole nitrogens is 1. The molecule has 274 valence electrons. The molecule has 0 spiro atoms. The van der Waals surface area contributed by atoms with Gasteiger partial charge < -0.3 is 15.6 Å². The van der Waals surface area contributed by atoms with E-state index in [1.807, 2.05) is 27.7 Å². The van der Waals surface area contributed by atoms with Crippen molar-refractivity contribution in [2.24, 2.45) is 23.7 Å². The third-order valence-corrected chi connectivity index (χ3v) is 9.83. The molecule has 0 aliphatic rings. The molecule has 0 saturated heterocycles. The molecule has 0 saturated carbocycles. The summed E-state index contributed by atoms with van der Waals surface area (Å²) in [6, 6.07) is -1.53. The van der Waals surface area contributed by atoms with Gasteiger partial charge >= 0.3 is 0 Å². The zero-order valence-electron chi connectivity index (χ0n) is 31.3. The van der Waals surface area contributed by atoms with E-state index in [1.54, 1.807) is 13.1 Å². The Balaban J connectivity index is 2.66. The zero-order valence-corrected chi connectivity index (χ0v) is 31.3. The number of ketones is 3. The number of nitrogens with zero attached hydrogens (tertiary/aromatic N) is 1. The van der Waals surface area contributed by atoms with Crippen LogP contribution in [0.1, 0.15) is 163 Å². The number of hydrogen-bond donors (Lipinski definition) is 3. The number of amides is 2. The summed E-state index contributed by atoms with van der Waals surface area (Å²) in [5, 5.41) is 5.89. The Morgan fingerprint density at radius 3 is 1.79 bits per heavy atom. The van der Waals surface area contributed by atoms with E-state index in [9.17, 15) is 24.0 Å². The number of aromatic nitrogens is 2. The molecule has 5 atom stereocenters. The highest BCUT2D eigenvalue weighted by Gasteiger charge is 2.34. The molecule has 0 radical (unpaired) electrons. The van der Waals surface area contributed by atoms with Crippen molar-refractivity contribution in [1.29, 1.82) is 0 Å². The smallest absolute Gasteiger partial charge is 0.224 e. The summed E-state index contributed by atoms with van der Waals surface area (Å²) in [5.74, 6) is -2.39. The largest absolute Gasteiger partial charge is 0.348 e. The predicted molar refractivity (Wildman–Crippen MR) is 193 cm³/mol. The number of unbranched alkanes of at least 4 members (excludes halogenated alkanes) is 12. The summed E-state index contributed by atoms with van der Waals surface area (Å²) < 4.78 is 0. The number of carbonyl (C=O) groups is 5. The van der Waals surface area contributed by atoms with Crippen LogP contribution < -0.4 is 10.6 Å². The zero-order chi connectivity index (χ0) is 35.9. The van der Waals surface area contributed by atoms with Gasteiger partial charge in [0.25, 0.3) is 0 Å². The molecule has 9 nitrogen and oxygen atoms in total. The number of aromatic amines is 1. The fourth-order valence-corrected chi connectivity index (χ4v) is 6.03. The standard InChI is InChI=1S/C39H68N4O5/c1-8-10-11-12-13-14-15-16-17-18-19-20-21-22-37(47)43-38(29(5)9-2)36(46)25-33(28(3)4)39(48)42-34(24-32-26-40-27-41-32)35(45)23-30(6)31(7)44/h26-30,33-34,38H,8-25H2,1-7H3,(H,40,41)(H,42,48)(H,43,47)/t29-,30+,33-,34-,38-/m0/s1. The van der Waals surface area contributed by atoms with Crippen molar-refractivity contribution in [1.82, 2.24) is 20.6 Å². The monoisotopic (exact) mass is 673 g/mol. The molecule has 0 bridgehead atoms. The second-order valence-corrected chi connectivity index (χ2v) is 14.5. The molecule has 9 heteroatoms. The Hall–Kier alpha value is -2.84. The Morgan fingerprint density at radius 2 is 1.31 bits per heavy atom. The van der Waals surface area contributed by atoms with Crippen molar-refractivity contribution in [3.63, 3.8) is 0 Å². The van der Waals surface area contributed by atoms with Crippen LogP contribution in [0.25, 0.3) is 0 Å². The van der Waals surface area contributed by atoms with Gasteiger partial charge in [0.05, 0.1) is 18.4 Å². The van der Waals surface area contributed by atoms with Gasteiger partial charge in [0.2, 0.25) is 11.8 Å². The number of imidazole rings is 1. The lowest BCUT2D eigenvalue weighted by Gasteiger charge is -2.28. The van der Waals surface area contributed by atoms with E-state index < -0.39 is 23.9 Å². The maximum atomic E-state index is 13.7. The van der Waals surface area contributed by atoms with Crippen molar-refractivity contribution >= 4 is 29.2 Å². The summed E-state index contributed by atoms with van der Waals surface area (Å²) in [6.07, 6.45) is 20.5. The van der Waals surface area contributed by atoms with E-state index in [-0.39, 0.29) is 60.3 Å². The molecule has 1 aromatic rings. The summed E-state index contributed by atoms with van der Waals surface area (Å²) in [4.78, 5) is 72.2. The Bertz CT molecular complexity index is 1070. The fraction of sp³-hybridized carbons (Fsp3) is 0.795. The number of carbonyl (C=O) groups excluding carboxylic acids is 5. The van der Waals surface area contributed by atoms with Gasteiger partial charge in [-0.2, -0.15) is 0 Å². The lowest BCUT2D eigenvalue weighted by atomic mass is 9.84. The van der Waals surface area contributed by atoms with E-state index in [2.05, 4.69) is 27.5 Å². The number of Topliss-reactive ketones (excluding diaryl/α,β-unsaturated/α-hetero) is 3. The average Bonchev–Trinajstić information content (AvgIpc) is 3.56. The van der Waals surface area contributed by atoms with Gasteiger partial charge in [-0.05, 0) is 25.2 Å². The van der Waals surface area contributed by atoms with Crippen LogP contribution in [0.5, 0.6) is 0 Å². The first-order chi connectivity index (χ1) is 22.9. The molecule has 0 aliphatic carbocycles. The molecule has 0 fully saturated rings. The molecular weight excluding hydrogens is 604 g/mol. The number of rotatable bonds is 29. The second-order valence-electron chi connectivity index (χ2n) is 14.5. The number of nitrogens with one attached hydrogen (secondary N) is 3. The minimum absolute atomic E-state index is 0.0149. The van der Waals surface area contributed by atoms with Crippen LogP contribution in [-0.2, 0) is 30.4 Å². The average molecular weight is 673 g/mol. The maximum absolute atomic E-state index is 13.7. The first-order valence-electron chi connectivity index (χ1n) is 19.0. The molecule has 0 unspecified atom stereocenters. The van der Waals surface area contributed by atoms with E-state index in [0.29, 0.717) is 18.5 Å². The van der Waals surface area contributed by atoms with Crippen LogP contribution in [0.4, 0.5) is 0 Å². The second kappa shape index (κ2) is 25.2. The first kappa shape index (κ1) is 43.2. The lowest BCUT2D eigenvalue weighted by Crippen LogP contribution is -2.49. The summed E-state index contributed by atoms with van der Waals surface area (Å²) >= 11 is 0. The van der Waals surface area contributed by atoms with Crippen molar-refractivity contribution in [2.75, 3.05) is 0 Å². The van der Waals surface area contributed by atoms with E-state index in [0.717, 1.165) is 19.3 Å². The highest BCUT2D eigenvalue weighted by atomic mass is 16.2. The Morgan fingerprint density at radius 1 is 0.750 bits per heavy atom. The molecule has 48 heavy (non-hydrogen) atoms. The molecule has 3 N–H and O–H groups in total. The minimum Gasteiger partial charge on any atom is -0.348 e. The van der Waals surface area contributed by atoms with Gasteiger partial charge in [-0.15, -0.1) is 0 Å². The highest BCUT2D eigenvalue weighted by Crippen LogP contribution is 2.22. The summed E-state index contributed by atoms with van der Waals surface area (Å²) in [5.41, 5.74) is 0.685. The molecular formula is C39H68N4O5. The molecule has 1 heterocycles. The summed E-state index contributed by atoms with van der Waals surface area (Å²) in [7, 11) is 0. The van der Waals surface area contributed by atoms with Crippen molar-refractivity contribution in [2.45, 2.75) is 176 Å². The Labute approximate surface area is 291 Å². The maximum Gasteiger partial charge on any atom is 0.224 e. The van der Waals surface area contributed by atoms with Crippen LogP contribution in [0.3, 0.4) is 0 Å². The molecule has 1 aromatic heterocycles. The van der Waals surface area contributed by atoms with Crippen LogP contribution in [0.2, 0.25) is 0 Å². The van der Waals surface area contributed by atoms with E-state index in [4.69, 9.17) is 0 Å². The van der Waals surface area contributed by atoms with Crippen LogP contribution in [0, 0.1) is 23.7 Å². The van der Waals surface area contributed by atoms with Crippen molar-refractivity contribution < 1.29 is 24.0 Å². The topological polar surface area (TPSA) is 138 Å². The van der Waals surface area contributed by atoms with Gasteiger partial charge in [0.15, 0.2) is 11.6 Å². The van der Waals surface area contributed by atoms with E-state index >= 15 is 0 Å². The molecule has 1 rings (SSSR count). The SMILES string of the molecule is CCCCCCCCCCCCCCCC(=O)N[C@H](C(=O)C[C@H](C(=O)N[C@@H](Cc1cnc[nH]1)C(=O)C[C@@H](C)C(C)=O)C(C)C)[C@@H](C)CC. The van der Waals surface area contributed by atoms with Gasteiger partial charge in [0, 0.05) is 49.4 Å². The van der Waals surface area contributed by atoms with E-state index in [1.165, 1.54) is 77.5 Å². The van der Waals surface area contributed by atoms with Crippen molar-refractivity contribution in [3.05, 3.63) is 18.2 Å². The van der Waals surface area contributed by atoms with Gasteiger partial charge in [-0.1, -0.05) is 125 Å². The molecule has 0 aromatic carbocycles. The van der Waals surface area contributed by atoms with Crippen molar-refractivity contribution in [3.8, 4) is 0 Å².